The normalized spacial score (nSPS) is 17.6. The lowest BCUT2D eigenvalue weighted by Gasteiger charge is -2.32. The summed E-state index contributed by atoms with van der Waals surface area (Å²) < 4.78 is 1.57. The number of carbonyl (C=O) groups excluding carboxylic acids is 1. The van der Waals surface area contributed by atoms with Crippen molar-refractivity contribution in [2.75, 3.05) is 20.1 Å². The van der Waals surface area contributed by atoms with Crippen molar-refractivity contribution >= 4 is 39.9 Å². The number of hydrogen-bond donors (Lipinski definition) is 1. The molecule has 1 unspecified atom stereocenters. The zero-order chi connectivity index (χ0) is 17.3. The average Bonchev–Trinajstić information content (AvgIpc) is 2.89. The SMILES string of the molecule is CNC1CCCN(C(=O)CCn2cnc3sc(C)c(C)c3c2=O)C1.Cl. The summed E-state index contributed by atoms with van der Waals surface area (Å²) in [6, 6.07) is 0.375. The molecule has 0 bridgehead atoms. The van der Waals surface area contributed by atoms with E-state index in [2.05, 4.69) is 10.3 Å². The summed E-state index contributed by atoms with van der Waals surface area (Å²) in [5, 5.41) is 3.94. The molecule has 2 aromatic heterocycles. The molecule has 25 heavy (non-hydrogen) atoms. The fourth-order valence-electron chi connectivity index (χ4n) is 3.24. The summed E-state index contributed by atoms with van der Waals surface area (Å²) in [4.78, 5) is 33.3. The van der Waals surface area contributed by atoms with E-state index in [1.165, 1.54) is 0 Å². The van der Waals surface area contributed by atoms with E-state index in [1.54, 1.807) is 22.2 Å². The van der Waals surface area contributed by atoms with Gasteiger partial charge in [-0.2, -0.15) is 0 Å². The van der Waals surface area contributed by atoms with Crippen LogP contribution in [0.3, 0.4) is 0 Å². The summed E-state index contributed by atoms with van der Waals surface area (Å²) in [7, 11) is 1.93. The van der Waals surface area contributed by atoms with E-state index in [0.717, 1.165) is 41.2 Å². The van der Waals surface area contributed by atoms with Crippen molar-refractivity contribution in [2.24, 2.45) is 0 Å². The van der Waals surface area contributed by atoms with Crippen LogP contribution in [0, 0.1) is 13.8 Å². The molecule has 1 fully saturated rings. The summed E-state index contributed by atoms with van der Waals surface area (Å²) in [5.41, 5.74) is 0.961. The molecule has 0 spiro atoms. The number of halogens is 1. The molecule has 0 aromatic carbocycles. The topological polar surface area (TPSA) is 67.2 Å². The second-order valence-electron chi connectivity index (χ2n) is 6.42. The monoisotopic (exact) mass is 384 g/mol. The molecule has 1 atom stereocenters. The molecule has 1 amide bonds. The minimum Gasteiger partial charge on any atom is -0.341 e. The fourth-order valence-corrected chi connectivity index (χ4v) is 4.23. The van der Waals surface area contributed by atoms with Crippen molar-refractivity contribution in [3.05, 3.63) is 27.1 Å². The van der Waals surface area contributed by atoms with Crippen LogP contribution in [0.1, 0.15) is 29.7 Å². The van der Waals surface area contributed by atoms with Crippen molar-refractivity contribution in [1.82, 2.24) is 19.8 Å². The van der Waals surface area contributed by atoms with Crippen molar-refractivity contribution in [3.8, 4) is 0 Å². The summed E-state index contributed by atoms with van der Waals surface area (Å²) in [6.45, 7) is 5.91. The lowest BCUT2D eigenvalue weighted by atomic mass is 10.1. The predicted molar refractivity (Wildman–Crippen MR) is 104 cm³/mol. The van der Waals surface area contributed by atoms with Crippen LogP contribution in [0.2, 0.25) is 0 Å². The van der Waals surface area contributed by atoms with Gasteiger partial charge in [-0.25, -0.2) is 4.98 Å². The maximum atomic E-state index is 12.6. The Kier molecular flexibility index (Phi) is 6.59. The van der Waals surface area contributed by atoms with E-state index >= 15 is 0 Å². The quantitative estimate of drug-likeness (QED) is 0.876. The van der Waals surface area contributed by atoms with Gasteiger partial charge in [-0.05, 0) is 39.3 Å². The lowest BCUT2D eigenvalue weighted by Crippen LogP contribution is -2.47. The van der Waals surface area contributed by atoms with Crippen LogP contribution in [-0.4, -0.2) is 46.5 Å². The molecule has 6 nitrogen and oxygen atoms in total. The molecular weight excluding hydrogens is 360 g/mol. The molecule has 0 aliphatic carbocycles. The fraction of sp³-hybridized carbons (Fsp3) is 0.588. The number of aromatic nitrogens is 2. The third-order valence-corrected chi connectivity index (χ3v) is 6.02. The van der Waals surface area contributed by atoms with Crippen LogP contribution in [0.25, 0.3) is 10.2 Å². The van der Waals surface area contributed by atoms with Gasteiger partial charge in [0.2, 0.25) is 5.91 Å². The molecule has 3 heterocycles. The number of carbonyl (C=O) groups is 1. The van der Waals surface area contributed by atoms with Crippen LogP contribution >= 0.6 is 23.7 Å². The van der Waals surface area contributed by atoms with Gasteiger partial charge < -0.3 is 10.2 Å². The van der Waals surface area contributed by atoms with Gasteiger partial charge in [0.25, 0.3) is 5.56 Å². The number of fused-ring (bicyclic) bond motifs is 1. The van der Waals surface area contributed by atoms with Crippen LogP contribution in [0.15, 0.2) is 11.1 Å². The minimum atomic E-state index is -0.0404. The van der Waals surface area contributed by atoms with Crippen molar-refractivity contribution in [3.63, 3.8) is 0 Å². The van der Waals surface area contributed by atoms with Crippen molar-refractivity contribution in [2.45, 2.75) is 45.7 Å². The number of thiophene rings is 1. The first kappa shape index (κ1) is 19.9. The largest absolute Gasteiger partial charge is 0.341 e. The number of piperidine rings is 1. The van der Waals surface area contributed by atoms with E-state index in [0.29, 0.717) is 24.4 Å². The number of amides is 1. The second-order valence-corrected chi connectivity index (χ2v) is 7.63. The molecule has 2 aromatic rings. The molecule has 1 aliphatic rings. The Morgan fingerprint density at radius 2 is 2.20 bits per heavy atom. The number of aryl methyl sites for hydroxylation is 3. The van der Waals surface area contributed by atoms with Gasteiger partial charge in [0.05, 0.1) is 11.7 Å². The van der Waals surface area contributed by atoms with E-state index in [4.69, 9.17) is 0 Å². The first-order valence-electron chi connectivity index (χ1n) is 8.41. The van der Waals surface area contributed by atoms with Crippen LogP contribution in [0.4, 0.5) is 0 Å². The second kappa shape index (κ2) is 8.29. The summed E-state index contributed by atoms with van der Waals surface area (Å²) >= 11 is 1.54. The molecule has 8 heteroatoms. The molecule has 0 saturated carbocycles. The molecule has 3 rings (SSSR count). The Bertz CT molecular complexity index is 817. The van der Waals surface area contributed by atoms with Gasteiger partial charge in [0.1, 0.15) is 4.83 Å². The molecule has 1 aliphatic heterocycles. The molecule has 1 N–H and O–H groups in total. The van der Waals surface area contributed by atoms with Crippen molar-refractivity contribution < 1.29 is 4.79 Å². The summed E-state index contributed by atoms with van der Waals surface area (Å²) in [6.07, 6.45) is 4.04. The lowest BCUT2D eigenvalue weighted by molar-refractivity contribution is -0.132. The number of nitrogens with one attached hydrogen (secondary N) is 1. The maximum absolute atomic E-state index is 12.6. The van der Waals surface area contributed by atoms with Gasteiger partial charge in [0, 0.05) is 37.0 Å². The van der Waals surface area contributed by atoms with Gasteiger partial charge in [-0.1, -0.05) is 0 Å². The maximum Gasteiger partial charge on any atom is 0.262 e. The van der Waals surface area contributed by atoms with Gasteiger partial charge in [-0.3, -0.25) is 14.2 Å². The van der Waals surface area contributed by atoms with Crippen LogP contribution < -0.4 is 10.9 Å². The summed E-state index contributed by atoms with van der Waals surface area (Å²) in [5.74, 6) is 0.111. The number of hydrogen-bond acceptors (Lipinski definition) is 5. The highest BCUT2D eigenvalue weighted by molar-refractivity contribution is 7.18. The Labute approximate surface area is 157 Å². The number of nitrogens with zero attached hydrogens (tertiary/aromatic N) is 3. The molecule has 0 radical (unpaired) electrons. The Hall–Kier alpha value is -1.44. The zero-order valence-electron chi connectivity index (χ0n) is 14.9. The Morgan fingerprint density at radius 1 is 1.44 bits per heavy atom. The van der Waals surface area contributed by atoms with E-state index in [-0.39, 0.29) is 23.9 Å². The van der Waals surface area contributed by atoms with Gasteiger partial charge in [-0.15, -0.1) is 23.7 Å². The third kappa shape index (κ3) is 4.04. The zero-order valence-corrected chi connectivity index (χ0v) is 16.5. The first-order valence-corrected chi connectivity index (χ1v) is 9.23. The Balaban J connectivity index is 0.00000225. The minimum absolute atomic E-state index is 0. The number of likely N-dealkylation sites (N-methyl/N-ethyl adjacent to an activating group) is 1. The predicted octanol–water partition coefficient (Wildman–Crippen LogP) is 2.10. The number of rotatable bonds is 4. The highest BCUT2D eigenvalue weighted by Crippen LogP contribution is 2.25. The number of likely N-dealkylation sites (tertiary alicyclic amines) is 1. The standard InChI is InChI=1S/C17H24N4O2S.ClH/c1-11-12(2)24-16-15(11)17(23)21(10-19-16)8-6-14(22)20-7-4-5-13(9-20)18-3;/h10,13,18H,4-9H2,1-3H3;1H. The molecule has 1 saturated heterocycles. The van der Waals surface area contributed by atoms with E-state index in [1.807, 2.05) is 25.8 Å². The average molecular weight is 385 g/mol. The third-order valence-electron chi connectivity index (χ3n) is 4.90. The Morgan fingerprint density at radius 3 is 2.92 bits per heavy atom. The van der Waals surface area contributed by atoms with Crippen molar-refractivity contribution in [1.29, 1.82) is 0 Å². The smallest absolute Gasteiger partial charge is 0.262 e. The molecular formula is C17H25ClN4O2S. The van der Waals surface area contributed by atoms with Gasteiger partial charge >= 0.3 is 0 Å². The van der Waals surface area contributed by atoms with Crippen LogP contribution in [0.5, 0.6) is 0 Å². The van der Waals surface area contributed by atoms with E-state index in [9.17, 15) is 9.59 Å². The highest BCUT2D eigenvalue weighted by atomic mass is 35.5. The molecule has 138 valence electrons. The van der Waals surface area contributed by atoms with Gasteiger partial charge in [0.15, 0.2) is 0 Å². The van der Waals surface area contributed by atoms with E-state index < -0.39 is 0 Å². The van der Waals surface area contributed by atoms with Crippen LogP contribution in [-0.2, 0) is 11.3 Å². The highest BCUT2D eigenvalue weighted by Gasteiger charge is 2.22. The first-order chi connectivity index (χ1) is 11.5.